The minimum atomic E-state index is 0.356. The van der Waals surface area contributed by atoms with Crippen LogP contribution in [0.25, 0.3) is 0 Å². The van der Waals surface area contributed by atoms with Gasteiger partial charge in [0.25, 0.3) is 0 Å². The molecule has 40 heavy (non-hydrogen) atoms. The minimum Gasteiger partial charge on any atom is -0.368 e. The molecule has 1 aromatic carbocycles. The molecule has 2 aromatic rings. The summed E-state index contributed by atoms with van der Waals surface area (Å²) in [4.78, 5) is 13.5. The first-order chi connectivity index (χ1) is 19.6. The molecule has 0 bridgehead atoms. The van der Waals surface area contributed by atoms with Gasteiger partial charge in [0.05, 0.1) is 0 Å². The van der Waals surface area contributed by atoms with Crippen molar-refractivity contribution in [3.8, 4) is 0 Å². The number of anilines is 3. The SMILES string of the molecule is CCCCCCCC.CCCCCCCC.CNC1CCN(c2cc(N3CCc4ccccc4C3)nc(N)n2)C1. The van der Waals surface area contributed by atoms with Crippen LogP contribution in [-0.2, 0) is 13.0 Å². The molecule has 2 aliphatic heterocycles. The zero-order valence-electron chi connectivity index (χ0n) is 26.6. The molecule has 2 aliphatic rings. The first kappa shape index (κ1) is 33.9. The molecule has 1 unspecified atom stereocenters. The highest BCUT2D eigenvalue weighted by molar-refractivity contribution is 5.56. The number of benzene rings is 1. The van der Waals surface area contributed by atoms with E-state index in [-0.39, 0.29) is 0 Å². The Bertz CT molecular complexity index is 893. The summed E-state index contributed by atoms with van der Waals surface area (Å²) in [6, 6.07) is 11.2. The molecule has 0 saturated carbocycles. The molecule has 1 saturated heterocycles. The summed E-state index contributed by atoms with van der Waals surface area (Å²) in [5.74, 6) is 2.23. The number of fused-ring (bicyclic) bond motifs is 1. The van der Waals surface area contributed by atoms with Gasteiger partial charge in [0.2, 0.25) is 5.95 Å². The molecule has 1 fully saturated rings. The summed E-state index contributed by atoms with van der Waals surface area (Å²) >= 11 is 0. The maximum absolute atomic E-state index is 6.00. The van der Waals surface area contributed by atoms with E-state index in [0.717, 1.165) is 50.7 Å². The van der Waals surface area contributed by atoms with Crippen LogP contribution >= 0.6 is 0 Å². The van der Waals surface area contributed by atoms with Crippen LogP contribution in [0.4, 0.5) is 17.6 Å². The standard InChI is InChI=1S/C18H24N6.2C8H18/c1-20-15-7-9-24(12-15)17-10-16(21-18(19)22-17)23-8-6-13-4-2-3-5-14(13)11-23;2*1-3-5-7-8-6-4-2/h2-5,10,15,20H,6-9,11-12H2,1H3,(H2,19,21,22);2*3-8H2,1-2H3. The van der Waals surface area contributed by atoms with Crippen molar-refractivity contribution < 1.29 is 0 Å². The zero-order valence-corrected chi connectivity index (χ0v) is 26.6. The Kier molecular flexibility index (Phi) is 17.4. The van der Waals surface area contributed by atoms with E-state index in [0.29, 0.717) is 12.0 Å². The van der Waals surface area contributed by atoms with E-state index in [2.05, 4.69) is 83.1 Å². The number of hydrogen-bond acceptors (Lipinski definition) is 6. The van der Waals surface area contributed by atoms with E-state index in [9.17, 15) is 0 Å². The quantitative estimate of drug-likeness (QED) is 0.244. The lowest BCUT2D eigenvalue weighted by molar-refractivity contribution is 0.616. The van der Waals surface area contributed by atoms with Crippen LogP contribution in [-0.4, -0.2) is 42.7 Å². The van der Waals surface area contributed by atoms with Crippen LogP contribution in [0, 0.1) is 0 Å². The second-order valence-electron chi connectivity index (χ2n) is 11.4. The van der Waals surface area contributed by atoms with Crippen molar-refractivity contribution in [1.82, 2.24) is 15.3 Å². The van der Waals surface area contributed by atoms with Gasteiger partial charge in [-0.15, -0.1) is 0 Å². The molecule has 3 N–H and O–H groups in total. The summed E-state index contributed by atoms with van der Waals surface area (Å²) in [5, 5.41) is 3.34. The van der Waals surface area contributed by atoms with Crippen molar-refractivity contribution >= 4 is 17.6 Å². The van der Waals surface area contributed by atoms with Crippen LogP contribution in [0.2, 0.25) is 0 Å². The van der Waals surface area contributed by atoms with Crippen LogP contribution in [0.1, 0.15) is 122 Å². The van der Waals surface area contributed by atoms with Gasteiger partial charge < -0.3 is 20.9 Å². The molecular formula is C34H60N6. The number of nitrogens with zero attached hydrogens (tertiary/aromatic N) is 4. The third-order valence-corrected chi connectivity index (χ3v) is 8.01. The smallest absolute Gasteiger partial charge is 0.223 e. The van der Waals surface area contributed by atoms with Gasteiger partial charge in [0, 0.05) is 38.3 Å². The van der Waals surface area contributed by atoms with E-state index >= 15 is 0 Å². The molecule has 1 atom stereocenters. The number of rotatable bonds is 13. The number of unbranched alkanes of at least 4 members (excludes halogenated alkanes) is 10. The van der Waals surface area contributed by atoms with E-state index in [4.69, 9.17) is 5.73 Å². The van der Waals surface area contributed by atoms with Gasteiger partial charge in [-0.1, -0.05) is 129 Å². The molecule has 0 spiro atoms. The zero-order chi connectivity index (χ0) is 29.0. The van der Waals surface area contributed by atoms with E-state index in [1.165, 1.54) is 88.2 Å². The van der Waals surface area contributed by atoms with Crippen molar-refractivity contribution in [1.29, 1.82) is 0 Å². The fourth-order valence-corrected chi connectivity index (χ4v) is 5.37. The largest absolute Gasteiger partial charge is 0.368 e. The lowest BCUT2D eigenvalue weighted by Gasteiger charge is -2.30. The Hall–Kier alpha value is -2.34. The summed E-state index contributed by atoms with van der Waals surface area (Å²) in [7, 11) is 2.01. The average molecular weight is 553 g/mol. The van der Waals surface area contributed by atoms with Gasteiger partial charge >= 0.3 is 0 Å². The lowest BCUT2D eigenvalue weighted by Crippen LogP contribution is -2.32. The molecular weight excluding hydrogens is 492 g/mol. The van der Waals surface area contributed by atoms with E-state index < -0.39 is 0 Å². The number of aromatic nitrogens is 2. The second-order valence-corrected chi connectivity index (χ2v) is 11.4. The van der Waals surface area contributed by atoms with Crippen molar-refractivity contribution in [2.75, 3.05) is 42.2 Å². The molecule has 1 aromatic heterocycles. The van der Waals surface area contributed by atoms with Crippen molar-refractivity contribution in [3.05, 3.63) is 41.5 Å². The van der Waals surface area contributed by atoms with Crippen molar-refractivity contribution in [2.45, 2.75) is 130 Å². The molecule has 226 valence electrons. The normalized spacial score (nSPS) is 16.1. The Morgan fingerprint density at radius 1 is 0.750 bits per heavy atom. The third-order valence-electron chi connectivity index (χ3n) is 8.01. The summed E-state index contributed by atoms with van der Waals surface area (Å²) < 4.78 is 0. The summed E-state index contributed by atoms with van der Waals surface area (Å²) in [6.45, 7) is 12.8. The second kappa shape index (κ2) is 20.5. The van der Waals surface area contributed by atoms with Gasteiger partial charge in [0.15, 0.2) is 0 Å². The first-order valence-corrected chi connectivity index (χ1v) is 16.4. The van der Waals surface area contributed by atoms with Gasteiger partial charge in [-0.3, -0.25) is 0 Å². The van der Waals surface area contributed by atoms with E-state index in [1.54, 1.807) is 0 Å². The van der Waals surface area contributed by atoms with Crippen LogP contribution in [0.15, 0.2) is 30.3 Å². The molecule has 3 heterocycles. The number of nitrogens with two attached hydrogens (primary N) is 1. The summed E-state index contributed by atoms with van der Waals surface area (Å²) in [5.41, 5.74) is 8.82. The van der Waals surface area contributed by atoms with Gasteiger partial charge in [-0.2, -0.15) is 9.97 Å². The van der Waals surface area contributed by atoms with Crippen LogP contribution in [0.5, 0.6) is 0 Å². The third kappa shape index (κ3) is 12.4. The maximum atomic E-state index is 6.00. The fourth-order valence-electron chi connectivity index (χ4n) is 5.37. The molecule has 4 rings (SSSR count). The Morgan fingerprint density at radius 2 is 1.27 bits per heavy atom. The molecule has 0 amide bonds. The Balaban J connectivity index is 0.000000290. The monoisotopic (exact) mass is 552 g/mol. The predicted octanol–water partition coefficient (Wildman–Crippen LogP) is 8.15. The van der Waals surface area contributed by atoms with Gasteiger partial charge in [-0.25, -0.2) is 0 Å². The van der Waals surface area contributed by atoms with Crippen LogP contribution in [0.3, 0.4) is 0 Å². The highest BCUT2D eigenvalue weighted by Crippen LogP contribution is 2.27. The topological polar surface area (TPSA) is 70.3 Å². The van der Waals surface area contributed by atoms with Crippen LogP contribution < -0.4 is 20.9 Å². The highest BCUT2D eigenvalue weighted by atomic mass is 15.3. The Labute approximate surface area is 246 Å². The molecule has 6 heteroatoms. The van der Waals surface area contributed by atoms with Crippen molar-refractivity contribution in [3.63, 3.8) is 0 Å². The molecule has 0 radical (unpaired) electrons. The highest BCUT2D eigenvalue weighted by Gasteiger charge is 2.24. The van der Waals surface area contributed by atoms with Gasteiger partial charge in [-0.05, 0) is 31.0 Å². The van der Waals surface area contributed by atoms with Gasteiger partial charge in [0.1, 0.15) is 11.6 Å². The average Bonchev–Trinajstić information content (AvgIpc) is 3.48. The summed E-state index contributed by atoms with van der Waals surface area (Å²) in [6.07, 6.45) is 19.2. The molecule has 0 aliphatic carbocycles. The van der Waals surface area contributed by atoms with Crippen molar-refractivity contribution in [2.24, 2.45) is 0 Å². The Morgan fingerprint density at radius 3 is 1.77 bits per heavy atom. The lowest BCUT2D eigenvalue weighted by atomic mass is 10.00. The number of likely N-dealkylation sites (N-methyl/N-ethyl adjacent to an activating group) is 1. The predicted molar refractivity (Wildman–Crippen MR) is 175 cm³/mol. The number of nitrogens with one attached hydrogen (secondary N) is 1. The molecule has 6 nitrogen and oxygen atoms in total. The number of hydrogen-bond donors (Lipinski definition) is 2. The maximum Gasteiger partial charge on any atom is 0.223 e. The van der Waals surface area contributed by atoms with E-state index in [1.807, 2.05) is 7.05 Å². The fraction of sp³-hybridized carbons (Fsp3) is 0.706. The minimum absolute atomic E-state index is 0.356. The first-order valence-electron chi connectivity index (χ1n) is 16.4. The number of nitrogen functional groups attached to an aromatic ring is 1.